The lowest BCUT2D eigenvalue weighted by Gasteiger charge is -2.43. The number of nitrogens with zero attached hydrogens (tertiary/aromatic N) is 4. The van der Waals surface area contributed by atoms with E-state index in [1.807, 2.05) is 30.3 Å². The molecule has 3 heterocycles. The lowest BCUT2D eigenvalue weighted by atomic mass is 9.79. The molecule has 3 aromatic carbocycles. The third kappa shape index (κ3) is 7.05. The number of nitrogens with two attached hydrogens (primary N) is 1. The number of carbonyl (C=O) groups is 2. The molecule has 2 aliphatic rings. The van der Waals surface area contributed by atoms with Crippen LogP contribution in [0.15, 0.2) is 83.9 Å². The first kappa shape index (κ1) is 32.8. The number of rotatable bonds is 7. The van der Waals surface area contributed by atoms with Gasteiger partial charge in [-0.05, 0) is 61.2 Å². The monoisotopic (exact) mass is 661 g/mol. The highest BCUT2D eigenvalue weighted by atomic mass is 19.1. The summed E-state index contributed by atoms with van der Waals surface area (Å²) in [6.07, 6.45) is 1.95. The Hall–Kier alpha value is -5.17. The molecule has 0 spiro atoms. The number of aromatic nitrogens is 2. The molecule has 0 aliphatic carbocycles. The summed E-state index contributed by atoms with van der Waals surface area (Å²) in [5.41, 5.74) is 4.58. The Morgan fingerprint density at radius 3 is 2.25 bits per heavy atom. The van der Waals surface area contributed by atoms with Gasteiger partial charge in [0.05, 0.1) is 12.1 Å². The molecule has 0 saturated carbocycles. The van der Waals surface area contributed by atoms with Gasteiger partial charge in [0.25, 0.3) is 11.5 Å². The second-order valence-corrected chi connectivity index (χ2v) is 12.3. The second-order valence-electron chi connectivity index (χ2n) is 12.3. The van der Waals surface area contributed by atoms with E-state index in [1.165, 1.54) is 40.1 Å². The van der Waals surface area contributed by atoms with Gasteiger partial charge in [-0.3, -0.25) is 19.0 Å². The maximum atomic E-state index is 14.0. The Kier molecular flexibility index (Phi) is 9.22. The summed E-state index contributed by atoms with van der Waals surface area (Å²) < 4.78 is 47.7. The minimum absolute atomic E-state index is 0.0921. The van der Waals surface area contributed by atoms with Gasteiger partial charge in [0.1, 0.15) is 29.5 Å². The van der Waals surface area contributed by atoms with Crippen molar-refractivity contribution in [2.75, 3.05) is 31.9 Å². The van der Waals surface area contributed by atoms with Gasteiger partial charge in [-0.1, -0.05) is 30.3 Å². The van der Waals surface area contributed by atoms with Gasteiger partial charge in [0.15, 0.2) is 5.69 Å². The van der Waals surface area contributed by atoms with E-state index in [-0.39, 0.29) is 80.3 Å². The van der Waals surface area contributed by atoms with Gasteiger partial charge >= 0.3 is 0 Å². The molecule has 13 heteroatoms. The quantitative estimate of drug-likeness (QED) is 0.302. The Bertz CT molecular complexity index is 1840. The second kappa shape index (κ2) is 13.5. The van der Waals surface area contributed by atoms with E-state index < -0.39 is 40.4 Å². The van der Waals surface area contributed by atoms with E-state index in [9.17, 15) is 32.7 Å². The lowest BCUT2D eigenvalue weighted by molar-refractivity contribution is -0.142. The van der Waals surface area contributed by atoms with Crippen molar-refractivity contribution in [3.63, 3.8) is 0 Å². The van der Waals surface area contributed by atoms with E-state index >= 15 is 0 Å². The number of amides is 2. The third-order valence-corrected chi connectivity index (χ3v) is 9.09. The number of anilines is 1. The molecule has 2 fully saturated rings. The number of halogens is 3. The fourth-order valence-electron chi connectivity index (χ4n) is 6.48. The van der Waals surface area contributed by atoms with Gasteiger partial charge in [-0.2, -0.15) is 0 Å². The Morgan fingerprint density at radius 1 is 0.917 bits per heavy atom. The van der Waals surface area contributed by atoms with E-state index in [0.29, 0.717) is 12.5 Å². The van der Waals surface area contributed by atoms with Gasteiger partial charge < -0.3 is 25.4 Å². The van der Waals surface area contributed by atoms with Crippen molar-refractivity contribution in [1.82, 2.24) is 19.4 Å². The van der Waals surface area contributed by atoms with Crippen LogP contribution in [0, 0.1) is 23.4 Å². The number of hydrogen-bond donors (Lipinski definition) is 2. The molecule has 2 amide bonds. The Balaban J connectivity index is 1.12. The van der Waals surface area contributed by atoms with Crippen LogP contribution in [-0.2, 0) is 11.3 Å². The van der Waals surface area contributed by atoms with Crippen molar-refractivity contribution in [2.45, 2.75) is 37.3 Å². The van der Waals surface area contributed by atoms with Crippen molar-refractivity contribution < 1.29 is 32.6 Å². The summed E-state index contributed by atoms with van der Waals surface area (Å²) in [7, 11) is 0. The summed E-state index contributed by atoms with van der Waals surface area (Å²) in [6.45, 7) is 0.791. The molecule has 2 atom stereocenters. The predicted octanol–water partition coefficient (Wildman–Crippen LogP) is 4.33. The molecular formula is C35H34F3N5O5. The van der Waals surface area contributed by atoms with E-state index in [1.54, 1.807) is 4.90 Å². The first-order valence-electron chi connectivity index (χ1n) is 15.6. The van der Waals surface area contributed by atoms with Crippen LogP contribution in [0.25, 0.3) is 0 Å². The standard InChI is InChI=1S/C35H34F3N5O5/c36-24-6-8-27(9-7-24)48-31-30(39)34(46)43(21-40-31)20-35(47)11-14-41(15-12-35)33(45)28-10-13-42(19-29(28)22-4-2-1-3-5-22)32(44)23-16-25(37)18-26(38)17-23/h1-9,16-18,21,28-29,47H,10-15,19-20,39H2/t28-,29+/m1/s1. The van der Waals surface area contributed by atoms with Crippen LogP contribution in [0.3, 0.4) is 0 Å². The number of hydrogen-bond acceptors (Lipinski definition) is 7. The van der Waals surface area contributed by atoms with Crippen molar-refractivity contribution >= 4 is 17.5 Å². The van der Waals surface area contributed by atoms with Crippen LogP contribution in [0.4, 0.5) is 18.9 Å². The van der Waals surface area contributed by atoms with Crippen molar-refractivity contribution in [3.8, 4) is 11.6 Å². The minimum Gasteiger partial charge on any atom is -0.437 e. The highest BCUT2D eigenvalue weighted by molar-refractivity contribution is 5.94. The predicted molar refractivity (Wildman–Crippen MR) is 170 cm³/mol. The Labute approximate surface area is 274 Å². The van der Waals surface area contributed by atoms with E-state index in [2.05, 4.69) is 4.98 Å². The topological polar surface area (TPSA) is 131 Å². The van der Waals surface area contributed by atoms with Crippen LogP contribution < -0.4 is 16.0 Å². The maximum Gasteiger partial charge on any atom is 0.280 e. The molecule has 10 nitrogen and oxygen atoms in total. The van der Waals surface area contributed by atoms with Crippen LogP contribution in [0.2, 0.25) is 0 Å². The molecule has 48 heavy (non-hydrogen) atoms. The van der Waals surface area contributed by atoms with Gasteiger partial charge in [-0.25, -0.2) is 18.2 Å². The van der Waals surface area contributed by atoms with Crippen LogP contribution >= 0.6 is 0 Å². The fraction of sp³-hybridized carbons (Fsp3) is 0.314. The summed E-state index contributed by atoms with van der Waals surface area (Å²) in [6, 6.07) is 17.2. The van der Waals surface area contributed by atoms with Crippen molar-refractivity contribution in [2.24, 2.45) is 5.92 Å². The molecule has 0 bridgehead atoms. The van der Waals surface area contributed by atoms with E-state index in [4.69, 9.17) is 10.5 Å². The number of ether oxygens (including phenoxy) is 1. The minimum atomic E-state index is -1.32. The zero-order chi connectivity index (χ0) is 34.0. The van der Waals surface area contributed by atoms with Crippen molar-refractivity contribution in [3.05, 3.63) is 118 Å². The Morgan fingerprint density at radius 2 is 1.58 bits per heavy atom. The van der Waals surface area contributed by atoms with Crippen LogP contribution in [0.5, 0.6) is 11.6 Å². The number of aliphatic hydroxyl groups is 1. The molecule has 0 radical (unpaired) electrons. The number of piperidine rings is 2. The van der Waals surface area contributed by atoms with Crippen LogP contribution in [-0.4, -0.2) is 68.1 Å². The number of nitrogen functional groups attached to an aromatic ring is 1. The number of carbonyl (C=O) groups excluding carboxylic acids is 2. The molecule has 4 aromatic rings. The maximum absolute atomic E-state index is 14.0. The molecular weight excluding hydrogens is 627 g/mol. The average molecular weight is 662 g/mol. The molecule has 0 unspecified atom stereocenters. The largest absolute Gasteiger partial charge is 0.437 e. The fourth-order valence-corrected chi connectivity index (χ4v) is 6.48. The highest BCUT2D eigenvalue weighted by Crippen LogP contribution is 2.36. The molecule has 1 aromatic heterocycles. The highest BCUT2D eigenvalue weighted by Gasteiger charge is 2.42. The lowest BCUT2D eigenvalue weighted by Crippen LogP contribution is -2.53. The zero-order valence-electron chi connectivity index (χ0n) is 25.9. The van der Waals surface area contributed by atoms with Crippen LogP contribution in [0.1, 0.15) is 41.1 Å². The smallest absolute Gasteiger partial charge is 0.280 e. The summed E-state index contributed by atoms with van der Waals surface area (Å²) in [5.74, 6) is -3.48. The average Bonchev–Trinajstić information content (AvgIpc) is 3.08. The molecule has 250 valence electrons. The summed E-state index contributed by atoms with van der Waals surface area (Å²) in [4.78, 5) is 47.6. The van der Waals surface area contributed by atoms with Gasteiger partial charge in [0.2, 0.25) is 11.8 Å². The third-order valence-electron chi connectivity index (χ3n) is 9.09. The first-order valence-corrected chi connectivity index (χ1v) is 15.6. The summed E-state index contributed by atoms with van der Waals surface area (Å²) >= 11 is 0. The number of likely N-dealkylation sites (tertiary alicyclic amines) is 2. The molecule has 2 saturated heterocycles. The summed E-state index contributed by atoms with van der Waals surface area (Å²) in [5, 5.41) is 11.4. The molecule has 3 N–H and O–H groups in total. The van der Waals surface area contributed by atoms with Crippen molar-refractivity contribution in [1.29, 1.82) is 0 Å². The first-order chi connectivity index (χ1) is 23.0. The SMILES string of the molecule is Nc1c(Oc2ccc(F)cc2)ncn(CC2(O)CCN(C(=O)[C@@H]3CCN(C(=O)c4cc(F)cc(F)c4)C[C@H]3c3ccccc3)CC2)c1=O. The normalized spacial score (nSPS) is 19.2. The van der Waals surface area contributed by atoms with E-state index in [0.717, 1.165) is 17.7 Å². The molecule has 6 rings (SSSR count). The number of benzene rings is 3. The van der Waals surface area contributed by atoms with Gasteiger partial charge in [0, 0.05) is 49.6 Å². The van der Waals surface area contributed by atoms with Gasteiger partial charge in [-0.15, -0.1) is 0 Å². The zero-order valence-corrected chi connectivity index (χ0v) is 25.9. The molecule has 2 aliphatic heterocycles.